The van der Waals surface area contributed by atoms with Crippen molar-refractivity contribution in [1.82, 2.24) is 0 Å². The van der Waals surface area contributed by atoms with E-state index in [1.807, 2.05) is 26.0 Å². The van der Waals surface area contributed by atoms with Gasteiger partial charge in [-0.05, 0) is 51.8 Å². The fourth-order valence-corrected chi connectivity index (χ4v) is 2.83. The molecular weight excluding hydrogens is 378 g/mol. The molecule has 0 radical (unpaired) electrons. The molecule has 0 heterocycles. The minimum absolute atomic E-state index is 0.0605. The fraction of sp³-hybridized carbons (Fsp3) is 0.462. The average Bonchev–Trinajstić information content (AvgIpc) is 2.39. The van der Waals surface area contributed by atoms with Crippen molar-refractivity contribution in [2.24, 2.45) is 5.92 Å². The Morgan fingerprint density at radius 2 is 1.84 bits per heavy atom. The van der Waals surface area contributed by atoms with Gasteiger partial charge in [-0.1, -0.05) is 0 Å². The minimum atomic E-state index is -0.244. The van der Waals surface area contributed by atoms with E-state index in [9.17, 15) is 4.79 Å². The molecule has 106 valence electrons. The van der Waals surface area contributed by atoms with Gasteiger partial charge in [0.2, 0.25) is 0 Å². The Hall–Kier alpha value is -0.750. The van der Waals surface area contributed by atoms with E-state index in [0.29, 0.717) is 0 Å². The van der Waals surface area contributed by atoms with E-state index < -0.39 is 0 Å². The second-order valence-corrected chi connectivity index (χ2v) is 5.92. The van der Waals surface area contributed by atoms with Crippen molar-refractivity contribution in [2.45, 2.75) is 19.9 Å². The number of nitrogens with one attached hydrogen (secondary N) is 1. The van der Waals surface area contributed by atoms with E-state index in [1.54, 1.807) is 7.11 Å². The summed E-state index contributed by atoms with van der Waals surface area (Å²) in [5.41, 5.74) is 0.864. The normalized spacial score (nSPS) is 13.6. The summed E-state index contributed by atoms with van der Waals surface area (Å²) in [6.45, 7) is 3.76. The van der Waals surface area contributed by atoms with Gasteiger partial charge < -0.3 is 14.8 Å². The van der Waals surface area contributed by atoms with Crippen molar-refractivity contribution in [2.75, 3.05) is 19.5 Å². The number of anilines is 1. The lowest BCUT2D eigenvalue weighted by Gasteiger charge is -2.21. The van der Waals surface area contributed by atoms with Crippen LogP contribution < -0.4 is 10.1 Å². The van der Waals surface area contributed by atoms with Crippen molar-refractivity contribution < 1.29 is 14.3 Å². The Morgan fingerprint density at radius 1 is 1.21 bits per heavy atom. The largest absolute Gasteiger partial charge is 0.495 e. The zero-order chi connectivity index (χ0) is 14.6. The number of ether oxygens (including phenoxy) is 2. The lowest BCUT2D eigenvalue weighted by molar-refractivity contribution is -0.145. The molecule has 0 aliphatic heterocycles. The molecule has 0 saturated carbocycles. The van der Waals surface area contributed by atoms with E-state index in [1.165, 1.54) is 7.11 Å². The number of hydrogen-bond donors (Lipinski definition) is 1. The molecule has 2 atom stereocenters. The Labute approximate surface area is 130 Å². The topological polar surface area (TPSA) is 47.6 Å². The first-order valence-electron chi connectivity index (χ1n) is 5.78. The average molecular weight is 395 g/mol. The van der Waals surface area contributed by atoms with Crippen LogP contribution in [0.5, 0.6) is 5.75 Å². The van der Waals surface area contributed by atoms with Crippen molar-refractivity contribution in [3.8, 4) is 5.75 Å². The number of carbonyl (C=O) groups is 1. The van der Waals surface area contributed by atoms with Gasteiger partial charge in [0, 0.05) is 16.6 Å². The first-order valence-corrected chi connectivity index (χ1v) is 7.36. The molecule has 0 aromatic heterocycles. The third-order valence-electron chi connectivity index (χ3n) is 2.95. The molecule has 1 N–H and O–H groups in total. The molecule has 0 bridgehead atoms. The van der Waals surface area contributed by atoms with Crippen LogP contribution in [0, 0.1) is 5.92 Å². The smallest absolute Gasteiger partial charge is 0.310 e. The molecule has 6 heteroatoms. The Morgan fingerprint density at radius 3 is 2.37 bits per heavy atom. The highest BCUT2D eigenvalue weighted by Gasteiger charge is 2.21. The molecule has 0 aliphatic carbocycles. The minimum Gasteiger partial charge on any atom is -0.495 e. The number of carbonyl (C=O) groups excluding carboxylic acids is 1. The third-order valence-corrected chi connectivity index (χ3v) is 4.22. The van der Waals surface area contributed by atoms with E-state index >= 15 is 0 Å². The summed E-state index contributed by atoms with van der Waals surface area (Å²) < 4.78 is 11.7. The van der Waals surface area contributed by atoms with Crippen LogP contribution in [0.4, 0.5) is 5.69 Å². The van der Waals surface area contributed by atoms with Crippen LogP contribution in [0.3, 0.4) is 0 Å². The van der Waals surface area contributed by atoms with E-state index in [-0.39, 0.29) is 17.9 Å². The number of benzene rings is 1. The second-order valence-electron chi connectivity index (χ2n) is 4.21. The predicted molar refractivity (Wildman–Crippen MR) is 82.7 cm³/mol. The van der Waals surface area contributed by atoms with Crippen LogP contribution >= 0.6 is 31.9 Å². The number of methoxy groups -OCH3 is 2. The van der Waals surface area contributed by atoms with E-state index in [0.717, 1.165) is 20.4 Å². The van der Waals surface area contributed by atoms with Gasteiger partial charge in [0.05, 0.1) is 30.3 Å². The fourth-order valence-electron chi connectivity index (χ4n) is 1.56. The summed E-state index contributed by atoms with van der Waals surface area (Å²) in [6.07, 6.45) is 0. The number of halogens is 2. The van der Waals surface area contributed by atoms with Crippen LogP contribution in [-0.2, 0) is 9.53 Å². The highest BCUT2D eigenvalue weighted by Crippen LogP contribution is 2.35. The van der Waals surface area contributed by atoms with Crippen LogP contribution in [0.15, 0.2) is 21.1 Å². The highest BCUT2D eigenvalue weighted by molar-refractivity contribution is 9.11. The first kappa shape index (κ1) is 16.3. The molecule has 0 fully saturated rings. The second kappa shape index (κ2) is 7.14. The lowest BCUT2D eigenvalue weighted by Crippen LogP contribution is -2.30. The Kier molecular flexibility index (Phi) is 6.13. The van der Waals surface area contributed by atoms with Crippen molar-refractivity contribution in [3.63, 3.8) is 0 Å². The van der Waals surface area contributed by atoms with Crippen molar-refractivity contribution in [3.05, 3.63) is 21.1 Å². The van der Waals surface area contributed by atoms with Gasteiger partial charge in [0.15, 0.2) is 0 Å². The van der Waals surface area contributed by atoms with Gasteiger partial charge >= 0.3 is 5.97 Å². The summed E-state index contributed by atoms with van der Waals surface area (Å²) in [7, 11) is 3.00. The number of rotatable bonds is 5. The maximum Gasteiger partial charge on any atom is 0.310 e. The summed E-state index contributed by atoms with van der Waals surface area (Å²) >= 11 is 6.89. The molecule has 19 heavy (non-hydrogen) atoms. The van der Waals surface area contributed by atoms with Gasteiger partial charge in [0.25, 0.3) is 0 Å². The van der Waals surface area contributed by atoms with Crippen LogP contribution in [-0.4, -0.2) is 26.2 Å². The molecule has 1 aromatic carbocycles. The van der Waals surface area contributed by atoms with Gasteiger partial charge in [-0.25, -0.2) is 0 Å². The summed E-state index contributed by atoms with van der Waals surface area (Å²) in [5, 5.41) is 3.28. The quantitative estimate of drug-likeness (QED) is 0.771. The molecule has 0 amide bonds. The van der Waals surface area contributed by atoms with Gasteiger partial charge in [0.1, 0.15) is 5.75 Å². The number of hydrogen-bond acceptors (Lipinski definition) is 4. The molecule has 0 saturated heterocycles. The van der Waals surface area contributed by atoms with E-state index in [4.69, 9.17) is 9.47 Å². The molecular formula is C13H17Br2NO3. The van der Waals surface area contributed by atoms with Crippen molar-refractivity contribution in [1.29, 1.82) is 0 Å². The highest BCUT2D eigenvalue weighted by atomic mass is 79.9. The SMILES string of the molecule is COC(=O)C(C)C(C)Nc1cc(OC)c(Br)cc1Br. The van der Waals surface area contributed by atoms with Crippen LogP contribution in [0.25, 0.3) is 0 Å². The maximum atomic E-state index is 11.5. The standard InChI is InChI=1S/C13H17Br2NO3/c1-7(13(17)19-4)8(2)16-11-6-12(18-3)10(15)5-9(11)14/h5-8,16H,1-4H3. The van der Waals surface area contributed by atoms with E-state index in [2.05, 4.69) is 37.2 Å². The summed E-state index contributed by atoms with van der Waals surface area (Å²) in [6, 6.07) is 3.71. The zero-order valence-corrected chi connectivity index (χ0v) is 14.5. The van der Waals surface area contributed by atoms with Gasteiger partial charge in [-0.3, -0.25) is 4.79 Å². The Bertz CT molecular complexity index is 465. The third kappa shape index (κ3) is 4.11. The van der Waals surface area contributed by atoms with Crippen LogP contribution in [0.1, 0.15) is 13.8 Å². The number of esters is 1. The molecule has 1 rings (SSSR count). The van der Waals surface area contributed by atoms with Crippen LogP contribution in [0.2, 0.25) is 0 Å². The molecule has 0 spiro atoms. The van der Waals surface area contributed by atoms with Crippen molar-refractivity contribution >= 4 is 43.5 Å². The zero-order valence-electron chi connectivity index (χ0n) is 11.3. The molecule has 0 aliphatic rings. The van der Waals surface area contributed by atoms with Gasteiger partial charge in [-0.15, -0.1) is 0 Å². The molecule has 4 nitrogen and oxygen atoms in total. The van der Waals surface area contributed by atoms with Gasteiger partial charge in [-0.2, -0.15) is 0 Å². The molecule has 2 unspecified atom stereocenters. The lowest BCUT2D eigenvalue weighted by atomic mass is 10.0. The Balaban J connectivity index is 2.90. The molecule has 1 aromatic rings. The monoisotopic (exact) mass is 393 g/mol. The summed E-state index contributed by atoms with van der Waals surface area (Å²) in [4.78, 5) is 11.5. The first-order chi connectivity index (χ1) is 8.90. The maximum absolute atomic E-state index is 11.5. The summed E-state index contributed by atoms with van der Waals surface area (Å²) in [5.74, 6) is 0.246. The predicted octanol–water partition coefficient (Wildman–Crippen LogP) is 3.83.